The molecule has 2 aromatic carbocycles. The van der Waals surface area contributed by atoms with Crippen molar-refractivity contribution in [1.82, 2.24) is 9.88 Å². The molecule has 0 radical (unpaired) electrons. The SMILES string of the molecule is CCn1c(C(=O)NCCc2ccc(S(N)(=O)=O)cc2)cc2oc3ccccc3c21. The number of furan rings is 1. The zero-order valence-electron chi connectivity index (χ0n) is 15.9. The van der Waals surface area contributed by atoms with Crippen molar-refractivity contribution in [2.24, 2.45) is 5.14 Å². The van der Waals surface area contributed by atoms with Crippen LogP contribution in [0.4, 0.5) is 0 Å². The molecule has 0 aliphatic rings. The number of amides is 1. The summed E-state index contributed by atoms with van der Waals surface area (Å²) in [5, 5.41) is 9.01. The Hall–Kier alpha value is -3.10. The first-order valence-corrected chi connectivity index (χ1v) is 10.8. The molecule has 0 unspecified atom stereocenters. The minimum Gasteiger partial charge on any atom is -0.454 e. The van der Waals surface area contributed by atoms with Crippen molar-refractivity contribution < 1.29 is 17.6 Å². The Morgan fingerprint density at radius 3 is 2.52 bits per heavy atom. The number of carbonyl (C=O) groups excluding carboxylic acids is 1. The van der Waals surface area contributed by atoms with Crippen LogP contribution in [0.5, 0.6) is 0 Å². The van der Waals surface area contributed by atoms with E-state index in [2.05, 4.69) is 5.32 Å². The lowest BCUT2D eigenvalue weighted by Gasteiger charge is -2.09. The summed E-state index contributed by atoms with van der Waals surface area (Å²) in [6.45, 7) is 3.06. The maximum absolute atomic E-state index is 12.7. The van der Waals surface area contributed by atoms with Crippen LogP contribution in [0.25, 0.3) is 22.1 Å². The van der Waals surface area contributed by atoms with Crippen LogP contribution < -0.4 is 10.5 Å². The van der Waals surface area contributed by atoms with Crippen LogP contribution in [0.1, 0.15) is 23.0 Å². The predicted octanol–water partition coefficient (Wildman–Crippen LogP) is 3.03. The molecule has 0 spiro atoms. The van der Waals surface area contributed by atoms with E-state index >= 15 is 0 Å². The zero-order valence-corrected chi connectivity index (χ0v) is 16.7. The summed E-state index contributed by atoms with van der Waals surface area (Å²) in [7, 11) is -3.70. The molecule has 150 valence electrons. The molecular formula is C21H21N3O4S. The number of hydrogen-bond acceptors (Lipinski definition) is 4. The number of primary sulfonamides is 1. The lowest BCUT2D eigenvalue weighted by Crippen LogP contribution is -2.27. The van der Waals surface area contributed by atoms with E-state index in [9.17, 15) is 13.2 Å². The highest BCUT2D eigenvalue weighted by Crippen LogP contribution is 2.31. The standard InChI is InChI=1S/C21H21N3O4S/c1-2-24-17(13-19-20(24)16-5-3-4-6-18(16)28-19)21(25)23-12-11-14-7-9-15(10-8-14)29(22,26)27/h3-10,13H,2,11-12H2,1H3,(H,23,25)(H2,22,26,27). The fraction of sp³-hybridized carbons (Fsp3) is 0.190. The van der Waals surface area contributed by atoms with Gasteiger partial charge < -0.3 is 14.3 Å². The van der Waals surface area contributed by atoms with Gasteiger partial charge in [0.1, 0.15) is 11.3 Å². The molecule has 29 heavy (non-hydrogen) atoms. The molecule has 8 heteroatoms. The topological polar surface area (TPSA) is 107 Å². The van der Waals surface area contributed by atoms with E-state index in [1.807, 2.05) is 35.8 Å². The normalized spacial score (nSPS) is 11.9. The average molecular weight is 411 g/mol. The number of para-hydroxylation sites is 1. The summed E-state index contributed by atoms with van der Waals surface area (Å²) in [6.07, 6.45) is 0.572. The van der Waals surface area contributed by atoms with E-state index in [0.717, 1.165) is 22.0 Å². The van der Waals surface area contributed by atoms with Gasteiger partial charge in [0.15, 0.2) is 5.58 Å². The average Bonchev–Trinajstić information content (AvgIpc) is 3.23. The van der Waals surface area contributed by atoms with Gasteiger partial charge in [0.05, 0.1) is 10.4 Å². The van der Waals surface area contributed by atoms with Crippen molar-refractivity contribution in [3.63, 3.8) is 0 Å². The first-order valence-electron chi connectivity index (χ1n) is 9.29. The smallest absolute Gasteiger partial charge is 0.268 e. The number of nitrogens with two attached hydrogens (primary N) is 1. The summed E-state index contributed by atoms with van der Waals surface area (Å²) >= 11 is 0. The number of aryl methyl sites for hydroxylation is 1. The fourth-order valence-corrected chi connectivity index (χ4v) is 4.04. The van der Waals surface area contributed by atoms with Crippen molar-refractivity contribution in [3.8, 4) is 0 Å². The first-order chi connectivity index (χ1) is 13.9. The number of nitrogens with zero attached hydrogens (tertiary/aromatic N) is 1. The lowest BCUT2D eigenvalue weighted by atomic mass is 10.1. The monoisotopic (exact) mass is 411 g/mol. The molecule has 1 amide bonds. The number of rotatable bonds is 6. The zero-order chi connectivity index (χ0) is 20.6. The van der Waals surface area contributed by atoms with Gasteiger partial charge in [-0.05, 0) is 43.2 Å². The van der Waals surface area contributed by atoms with Gasteiger partial charge in [-0.2, -0.15) is 0 Å². The van der Waals surface area contributed by atoms with Crippen LogP contribution in [0.3, 0.4) is 0 Å². The first kappa shape index (κ1) is 19.2. The van der Waals surface area contributed by atoms with Crippen LogP contribution in [0, 0.1) is 0 Å². The summed E-state index contributed by atoms with van der Waals surface area (Å²) in [5.41, 5.74) is 3.87. The third-order valence-electron chi connectivity index (χ3n) is 4.92. The molecule has 0 bridgehead atoms. The van der Waals surface area contributed by atoms with E-state index in [0.29, 0.717) is 30.8 Å². The van der Waals surface area contributed by atoms with Gasteiger partial charge in [0.25, 0.3) is 5.91 Å². The number of nitrogens with one attached hydrogen (secondary N) is 1. The molecular weight excluding hydrogens is 390 g/mol. The van der Waals surface area contributed by atoms with Crippen molar-refractivity contribution in [1.29, 1.82) is 0 Å². The maximum Gasteiger partial charge on any atom is 0.268 e. The lowest BCUT2D eigenvalue weighted by molar-refractivity contribution is 0.0945. The number of carbonyl (C=O) groups is 1. The Morgan fingerprint density at radius 2 is 1.83 bits per heavy atom. The maximum atomic E-state index is 12.7. The Bertz CT molecular complexity index is 1300. The van der Waals surface area contributed by atoms with Gasteiger partial charge in [-0.1, -0.05) is 24.3 Å². The van der Waals surface area contributed by atoms with Crippen molar-refractivity contribution in [2.45, 2.75) is 24.8 Å². The predicted molar refractivity (Wildman–Crippen MR) is 111 cm³/mol. The largest absolute Gasteiger partial charge is 0.454 e. The molecule has 0 aliphatic carbocycles. The van der Waals surface area contributed by atoms with Gasteiger partial charge in [-0.15, -0.1) is 0 Å². The fourth-order valence-electron chi connectivity index (χ4n) is 3.52. The summed E-state index contributed by atoms with van der Waals surface area (Å²) in [4.78, 5) is 12.8. The Labute approximate surface area is 168 Å². The molecule has 2 aromatic heterocycles. The third-order valence-corrected chi connectivity index (χ3v) is 5.85. The van der Waals surface area contributed by atoms with Crippen LogP contribution in [0.15, 0.2) is 63.9 Å². The highest BCUT2D eigenvalue weighted by Gasteiger charge is 2.19. The van der Waals surface area contributed by atoms with E-state index < -0.39 is 10.0 Å². The minimum absolute atomic E-state index is 0.0702. The molecule has 7 nitrogen and oxygen atoms in total. The van der Waals surface area contributed by atoms with E-state index in [1.54, 1.807) is 18.2 Å². The summed E-state index contributed by atoms with van der Waals surface area (Å²) in [6, 6.07) is 15.9. The van der Waals surface area contributed by atoms with Crippen LogP contribution in [0.2, 0.25) is 0 Å². The van der Waals surface area contributed by atoms with Gasteiger partial charge in [-0.3, -0.25) is 4.79 Å². The Balaban J connectivity index is 1.49. The number of hydrogen-bond donors (Lipinski definition) is 2. The Morgan fingerprint density at radius 1 is 1.10 bits per heavy atom. The number of aromatic nitrogens is 1. The highest BCUT2D eigenvalue weighted by atomic mass is 32.2. The van der Waals surface area contributed by atoms with Gasteiger partial charge in [0, 0.05) is 24.5 Å². The second kappa shape index (κ2) is 7.38. The third kappa shape index (κ3) is 3.64. The van der Waals surface area contributed by atoms with Crippen LogP contribution in [-0.4, -0.2) is 25.4 Å². The van der Waals surface area contributed by atoms with Crippen molar-refractivity contribution in [3.05, 3.63) is 65.9 Å². The van der Waals surface area contributed by atoms with Crippen LogP contribution >= 0.6 is 0 Å². The molecule has 2 heterocycles. The Kier molecular flexibility index (Phi) is 4.89. The van der Waals surface area contributed by atoms with E-state index in [-0.39, 0.29) is 10.8 Å². The summed E-state index contributed by atoms with van der Waals surface area (Å²) < 4.78 is 30.5. The molecule has 4 aromatic rings. The number of benzene rings is 2. The van der Waals surface area contributed by atoms with Crippen molar-refractivity contribution in [2.75, 3.05) is 6.54 Å². The van der Waals surface area contributed by atoms with Crippen molar-refractivity contribution >= 4 is 38.0 Å². The second-order valence-corrected chi connectivity index (χ2v) is 8.34. The molecule has 0 atom stereocenters. The molecule has 0 aliphatic heterocycles. The molecule has 0 fully saturated rings. The molecule has 0 saturated carbocycles. The van der Waals surface area contributed by atoms with Crippen LogP contribution in [-0.2, 0) is 23.0 Å². The number of sulfonamides is 1. The summed E-state index contributed by atoms with van der Waals surface area (Å²) in [5.74, 6) is -0.177. The molecule has 3 N–H and O–H groups in total. The van der Waals surface area contributed by atoms with Gasteiger partial charge in [-0.25, -0.2) is 13.6 Å². The van der Waals surface area contributed by atoms with Gasteiger partial charge >= 0.3 is 0 Å². The number of fused-ring (bicyclic) bond motifs is 3. The molecule has 0 saturated heterocycles. The molecule has 4 rings (SSSR count). The highest BCUT2D eigenvalue weighted by molar-refractivity contribution is 7.89. The second-order valence-electron chi connectivity index (χ2n) is 6.78. The minimum atomic E-state index is -3.70. The van der Waals surface area contributed by atoms with E-state index in [4.69, 9.17) is 9.56 Å². The van der Waals surface area contributed by atoms with E-state index in [1.165, 1.54) is 12.1 Å². The quantitative estimate of drug-likeness (QED) is 0.508. The van der Waals surface area contributed by atoms with Gasteiger partial charge in [0.2, 0.25) is 10.0 Å².